The molecule has 1 aromatic rings. The van der Waals surface area contributed by atoms with Crippen LogP contribution in [-0.4, -0.2) is 74.9 Å². The molecule has 2 heterocycles. The van der Waals surface area contributed by atoms with E-state index in [0.717, 1.165) is 5.56 Å². The molecule has 2 aliphatic heterocycles. The fourth-order valence-electron chi connectivity index (χ4n) is 3.77. The lowest BCUT2D eigenvalue weighted by molar-refractivity contribution is -0.129. The largest absolute Gasteiger partial charge is 0.493 e. The molecule has 0 aliphatic carbocycles. The first-order valence-electron chi connectivity index (χ1n) is 9.67. The Kier molecular flexibility index (Phi) is 8.55. The molecule has 9 heteroatoms. The number of methoxy groups -OCH3 is 2. The third-order valence-electron chi connectivity index (χ3n) is 5.55. The normalized spacial score (nSPS) is 23.6. The summed E-state index contributed by atoms with van der Waals surface area (Å²) >= 11 is 0. The Balaban J connectivity index is 0.00000300. The van der Waals surface area contributed by atoms with Crippen LogP contribution in [0.4, 0.5) is 0 Å². The smallest absolute Gasteiger partial charge is 0.225 e. The summed E-state index contributed by atoms with van der Waals surface area (Å²) in [4.78, 5) is 26.4. The molecule has 2 amide bonds. The zero-order valence-corrected chi connectivity index (χ0v) is 17.7. The van der Waals surface area contributed by atoms with Gasteiger partial charge in [-0.1, -0.05) is 6.07 Å². The van der Waals surface area contributed by atoms with Gasteiger partial charge in [0.1, 0.15) is 0 Å². The molecule has 3 unspecified atom stereocenters. The molecule has 29 heavy (non-hydrogen) atoms. The van der Waals surface area contributed by atoms with Crippen LogP contribution in [0.1, 0.15) is 12.0 Å². The Morgan fingerprint density at radius 3 is 2.69 bits per heavy atom. The Morgan fingerprint density at radius 1 is 1.28 bits per heavy atom. The Morgan fingerprint density at radius 2 is 2.03 bits per heavy atom. The third-order valence-corrected chi connectivity index (χ3v) is 5.55. The van der Waals surface area contributed by atoms with Crippen molar-refractivity contribution in [2.24, 2.45) is 11.8 Å². The first kappa shape index (κ1) is 23.3. The van der Waals surface area contributed by atoms with Gasteiger partial charge >= 0.3 is 0 Å². The van der Waals surface area contributed by atoms with E-state index in [1.54, 1.807) is 19.1 Å². The third kappa shape index (κ3) is 5.74. The number of nitrogens with zero attached hydrogens (tertiary/aromatic N) is 1. The molecule has 3 atom stereocenters. The van der Waals surface area contributed by atoms with Gasteiger partial charge in [-0.3, -0.25) is 9.59 Å². The summed E-state index contributed by atoms with van der Waals surface area (Å²) in [6, 6.07) is 5.71. The number of carbonyl (C=O) groups excluding carboxylic acids is 2. The zero-order chi connectivity index (χ0) is 20.1. The molecule has 3 N–H and O–H groups in total. The summed E-state index contributed by atoms with van der Waals surface area (Å²) in [7, 11) is 3.19. The predicted octanol–water partition coefficient (Wildman–Crippen LogP) is 0.213. The lowest BCUT2D eigenvalue weighted by Crippen LogP contribution is -2.38. The second-order valence-corrected chi connectivity index (χ2v) is 7.41. The van der Waals surface area contributed by atoms with E-state index >= 15 is 0 Å². The maximum Gasteiger partial charge on any atom is 0.225 e. The van der Waals surface area contributed by atoms with Crippen molar-refractivity contribution in [1.82, 2.24) is 15.5 Å². The highest BCUT2D eigenvalue weighted by atomic mass is 35.5. The number of carbonyl (C=O) groups is 2. The fraction of sp³-hybridized carbons (Fsp3) is 0.600. The number of likely N-dealkylation sites (tertiary alicyclic amines) is 1. The van der Waals surface area contributed by atoms with Crippen LogP contribution in [-0.2, 0) is 16.0 Å². The number of β-amino-alcohol motifs (C(OH)–C–C–N with tert-alkyl or cyclic N) is 1. The number of rotatable bonds is 8. The topological polar surface area (TPSA) is 100 Å². The highest BCUT2D eigenvalue weighted by Crippen LogP contribution is 2.28. The number of aliphatic hydroxyl groups excluding tert-OH is 1. The molecule has 0 bridgehead atoms. The number of amides is 2. The first-order chi connectivity index (χ1) is 13.5. The van der Waals surface area contributed by atoms with Gasteiger partial charge in [-0.15, -0.1) is 12.4 Å². The number of nitrogens with one attached hydrogen (secondary N) is 2. The summed E-state index contributed by atoms with van der Waals surface area (Å²) in [6.07, 6.45) is 0.493. The lowest BCUT2D eigenvalue weighted by atomic mass is 10.0. The molecule has 2 saturated heterocycles. The van der Waals surface area contributed by atoms with Crippen molar-refractivity contribution >= 4 is 24.2 Å². The Hall–Kier alpha value is -2.03. The van der Waals surface area contributed by atoms with Crippen LogP contribution in [0.2, 0.25) is 0 Å². The van der Waals surface area contributed by atoms with Crippen molar-refractivity contribution in [3.8, 4) is 11.5 Å². The lowest BCUT2D eigenvalue weighted by Gasteiger charge is -2.18. The molecular formula is C20H30ClN3O5. The van der Waals surface area contributed by atoms with Gasteiger partial charge in [-0.2, -0.15) is 0 Å². The predicted molar refractivity (Wildman–Crippen MR) is 111 cm³/mol. The van der Waals surface area contributed by atoms with E-state index in [0.29, 0.717) is 50.6 Å². The Bertz CT molecular complexity index is 717. The van der Waals surface area contributed by atoms with Crippen LogP contribution >= 0.6 is 12.4 Å². The number of aliphatic hydroxyl groups is 1. The summed E-state index contributed by atoms with van der Waals surface area (Å²) < 4.78 is 10.6. The van der Waals surface area contributed by atoms with Crippen LogP contribution in [0.3, 0.4) is 0 Å². The van der Waals surface area contributed by atoms with Gasteiger partial charge in [-0.25, -0.2) is 0 Å². The number of halogens is 1. The molecule has 3 rings (SSSR count). The van der Waals surface area contributed by atoms with Gasteiger partial charge in [0.2, 0.25) is 11.8 Å². The highest BCUT2D eigenvalue weighted by Gasteiger charge is 2.34. The number of ether oxygens (including phenoxy) is 2. The van der Waals surface area contributed by atoms with E-state index in [1.165, 1.54) is 0 Å². The van der Waals surface area contributed by atoms with Gasteiger partial charge in [0.15, 0.2) is 11.5 Å². The minimum absolute atomic E-state index is 0. The van der Waals surface area contributed by atoms with Crippen molar-refractivity contribution in [2.45, 2.75) is 18.9 Å². The van der Waals surface area contributed by atoms with E-state index in [4.69, 9.17) is 9.47 Å². The van der Waals surface area contributed by atoms with Crippen LogP contribution in [0.15, 0.2) is 18.2 Å². The van der Waals surface area contributed by atoms with Crippen LogP contribution in [0, 0.1) is 11.8 Å². The molecule has 1 aromatic carbocycles. The molecular weight excluding hydrogens is 398 g/mol. The molecule has 0 spiro atoms. The van der Waals surface area contributed by atoms with E-state index in [1.807, 2.05) is 18.2 Å². The minimum atomic E-state index is -0.427. The zero-order valence-electron chi connectivity index (χ0n) is 16.8. The molecule has 0 radical (unpaired) electrons. The van der Waals surface area contributed by atoms with Crippen molar-refractivity contribution in [2.75, 3.05) is 46.9 Å². The van der Waals surface area contributed by atoms with Crippen molar-refractivity contribution < 1.29 is 24.2 Å². The van der Waals surface area contributed by atoms with Gasteiger partial charge in [-0.05, 0) is 24.1 Å². The minimum Gasteiger partial charge on any atom is -0.493 e. The average Bonchev–Trinajstić information content (AvgIpc) is 3.29. The quantitative estimate of drug-likeness (QED) is 0.548. The molecule has 8 nitrogen and oxygen atoms in total. The molecule has 0 aromatic heterocycles. The van der Waals surface area contributed by atoms with E-state index in [2.05, 4.69) is 10.6 Å². The summed E-state index contributed by atoms with van der Waals surface area (Å²) in [5.41, 5.74) is 1.04. The van der Waals surface area contributed by atoms with Crippen LogP contribution in [0.5, 0.6) is 11.5 Å². The summed E-state index contributed by atoms with van der Waals surface area (Å²) in [6.45, 7) is 2.69. The van der Waals surface area contributed by atoms with Crippen LogP contribution in [0.25, 0.3) is 0 Å². The first-order valence-corrected chi connectivity index (χ1v) is 9.67. The van der Waals surface area contributed by atoms with Gasteiger partial charge in [0.25, 0.3) is 0 Å². The van der Waals surface area contributed by atoms with Gasteiger partial charge in [0, 0.05) is 45.1 Å². The van der Waals surface area contributed by atoms with Crippen molar-refractivity contribution in [3.63, 3.8) is 0 Å². The number of hydrogen-bond donors (Lipinski definition) is 3. The number of benzene rings is 1. The SMILES string of the molecule is COc1ccc(CCN2CC(C(=O)NCC3CNCC3O)CC2=O)cc1OC.Cl. The maximum atomic E-state index is 12.4. The van der Waals surface area contributed by atoms with Gasteiger partial charge < -0.3 is 30.1 Å². The number of hydrogen-bond acceptors (Lipinski definition) is 6. The van der Waals surface area contributed by atoms with Gasteiger partial charge in [0.05, 0.1) is 26.2 Å². The molecule has 162 valence electrons. The van der Waals surface area contributed by atoms with Crippen molar-refractivity contribution in [1.29, 1.82) is 0 Å². The van der Waals surface area contributed by atoms with E-state index < -0.39 is 6.10 Å². The fourth-order valence-corrected chi connectivity index (χ4v) is 3.77. The second kappa shape index (κ2) is 10.7. The van der Waals surface area contributed by atoms with E-state index in [-0.39, 0.29) is 42.5 Å². The molecule has 2 aliphatic rings. The van der Waals surface area contributed by atoms with Crippen molar-refractivity contribution in [3.05, 3.63) is 23.8 Å². The highest BCUT2D eigenvalue weighted by molar-refractivity contribution is 5.89. The molecule has 0 saturated carbocycles. The summed E-state index contributed by atoms with van der Waals surface area (Å²) in [5, 5.41) is 15.8. The standard InChI is InChI=1S/C20H29N3O5.ClH/c1-27-17-4-3-13(7-18(17)28-2)5-6-23-12-14(8-19(23)25)20(26)22-10-15-9-21-11-16(15)24;/h3-4,7,14-16,21,24H,5-6,8-12H2,1-2H3,(H,22,26);1H. The maximum absolute atomic E-state index is 12.4. The van der Waals surface area contributed by atoms with Crippen LogP contribution < -0.4 is 20.1 Å². The molecule has 2 fully saturated rings. The monoisotopic (exact) mass is 427 g/mol. The van der Waals surface area contributed by atoms with E-state index in [9.17, 15) is 14.7 Å². The summed E-state index contributed by atoms with van der Waals surface area (Å²) in [5.74, 6) is 0.923. The second-order valence-electron chi connectivity index (χ2n) is 7.41. The Labute approximate surface area is 177 Å². The average molecular weight is 428 g/mol.